The van der Waals surface area contributed by atoms with E-state index in [9.17, 15) is 58.2 Å². The Morgan fingerprint density at radius 2 is 0.716 bits per heavy atom. The third-order valence-electron chi connectivity index (χ3n) is 13.9. The number of rotatable bonds is 9. The lowest BCUT2D eigenvalue weighted by atomic mass is 9.74. The second-order valence-electron chi connectivity index (χ2n) is 17.8. The van der Waals surface area contributed by atoms with Gasteiger partial charge >= 0.3 is 24.3 Å². The molecule has 4 heterocycles. The summed E-state index contributed by atoms with van der Waals surface area (Å²) in [5.74, 6) is -11.8. The van der Waals surface area contributed by atoms with Crippen LogP contribution in [-0.4, -0.2) is 81.8 Å². The van der Waals surface area contributed by atoms with Gasteiger partial charge in [-0.1, -0.05) is 30.3 Å². The molecule has 6 aromatic rings. The van der Waals surface area contributed by atoms with E-state index in [-0.39, 0.29) is 27.9 Å². The summed E-state index contributed by atoms with van der Waals surface area (Å²) in [7, 11) is 0. The minimum Gasteiger partial charge on any atom is -0.478 e. The molecule has 0 radical (unpaired) electrons. The Morgan fingerprint density at radius 3 is 1.09 bits per heavy atom. The number of hydrogen-bond donors (Lipinski definition) is 3. The Kier molecular flexibility index (Phi) is 10.4. The molecule has 4 aliphatic heterocycles. The molecule has 8 amide bonds. The van der Waals surface area contributed by atoms with Gasteiger partial charge in [0.05, 0.1) is 72.7 Å². The quantitative estimate of drug-likeness (QED) is 0.0921. The lowest BCUT2D eigenvalue weighted by Gasteiger charge is -2.33. The van der Waals surface area contributed by atoms with Crippen molar-refractivity contribution in [3.63, 3.8) is 0 Å². The minimum absolute atomic E-state index is 0.166. The SMILES string of the molecule is CC(c1ccc2c(c1)C(=O)NC2=O)(c1ccc2c(c1)C(=O)N(c1cc(C(=O)O)cc(N3C(=O)c4ccc(C(C)(c5ccc6c(c5)C(=O)N(c5cccc(C(=O)O)c5)C6=O)C(F)(F)F)cc4C3=O)c1)C2=O)C(F)(F)F. The summed E-state index contributed by atoms with van der Waals surface area (Å²) in [6.45, 7) is 1.47. The van der Waals surface area contributed by atoms with Crippen molar-refractivity contribution in [1.82, 2.24) is 5.32 Å². The molecule has 3 N–H and O–H groups in total. The lowest BCUT2D eigenvalue weighted by molar-refractivity contribution is -0.173. The number of carboxylic acid groups (broad SMARTS) is 2. The molecular weight excluding hydrogens is 987 g/mol. The maximum absolute atomic E-state index is 15.5. The second kappa shape index (κ2) is 16.0. The molecule has 0 saturated heterocycles. The third-order valence-corrected chi connectivity index (χ3v) is 13.9. The van der Waals surface area contributed by atoms with Crippen LogP contribution in [-0.2, 0) is 10.8 Å². The molecule has 0 aliphatic carbocycles. The molecule has 22 heteroatoms. The van der Waals surface area contributed by atoms with Crippen molar-refractivity contribution in [3.05, 3.63) is 193 Å². The largest absolute Gasteiger partial charge is 0.478 e. The average molecular weight is 1010 g/mol. The van der Waals surface area contributed by atoms with Crippen LogP contribution in [0, 0.1) is 0 Å². The molecule has 0 spiro atoms. The number of benzene rings is 6. The fourth-order valence-electron chi connectivity index (χ4n) is 9.58. The molecule has 2 unspecified atom stereocenters. The molecule has 0 aromatic heterocycles. The topological polar surface area (TPSA) is 233 Å². The Labute approximate surface area is 410 Å². The van der Waals surface area contributed by atoms with Gasteiger partial charge in [0.15, 0.2) is 0 Å². The van der Waals surface area contributed by atoms with Crippen molar-refractivity contribution in [1.29, 1.82) is 0 Å². The maximum atomic E-state index is 15.5. The van der Waals surface area contributed by atoms with Gasteiger partial charge in [0.25, 0.3) is 47.3 Å². The number of anilines is 3. The fourth-order valence-corrected chi connectivity index (χ4v) is 9.58. The number of imide groups is 4. The van der Waals surface area contributed by atoms with Crippen molar-refractivity contribution < 1.29 is 84.5 Å². The van der Waals surface area contributed by atoms with Gasteiger partial charge in [-0.15, -0.1) is 0 Å². The summed E-state index contributed by atoms with van der Waals surface area (Å²) >= 11 is 0. The highest BCUT2D eigenvalue weighted by atomic mass is 19.4. The number of carboxylic acids is 2. The van der Waals surface area contributed by atoms with Crippen LogP contribution in [0.4, 0.5) is 43.4 Å². The molecule has 4 aliphatic rings. The van der Waals surface area contributed by atoms with E-state index in [0.29, 0.717) is 14.7 Å². The van der Waals surface area contributed by atoms with E-state index in [1.807, 2.05) is 5.32 Å². The first-order valence-corrected chi connectivity index (χ1v) is 21.6. The molecule has 74 heavy (non-hydrogen) atoms. The maximum Gasteiger partial charge on any atom is 0.402 e. The van der Waals surface area contributed by atoms with Crippen molar-refractivity contribution in [2.24, 2.45) is 0 Å². The van der Waals surface area contributed by atoms with Gasteiger partial charge in [0.1, 0.15) is 10.8 Å². The number of amides is 8. The van der Waals surface area contributed by atoms with Crippen molar-refractivity contribution >= 4 is 76.3 Å². The first-order chi connectivity index (χ1) is 34.7. The lowest BCUT2D eigenvalue weighted by Crippen LogP contribution is -2.41. The predicted octanol–water partition coefficient (Wildman–Crippen LogP) is 8.11. The first kappa shape index (κ1) is 48.0. The van der Waals surface area contributed by atoms with Crippen LogP contribution in [0.3, 0.4) is 0 Å². The van der Waals surface area contributed by atoms with Gasteiger partial charge in [-0.3, -0.25) is 43.7 Å². The smallest absolute Gasteiger partial charge is 0.402 e. The number of nitrogens with one attached hydrogen (secondary N) is 1. The van der Waals surface area contributed by atoms with E-state index in [2.05, 4.69) is 0 Å². The fraction of sp³-hybridized carbons (Fsp3) is 0.115. The zero-order valence-electron chi connectivity index (χ0n) is 37.6. The number of fused-ring (bicyclic) bond motifs is 4. The van der Waals surface area contributed by atoms with Gasteiger partial charge < -0.3 is 10.2 Å². The summed E-state index contributed by atoms with van der Waals surface area (Å²) in [6, 6.07) is 18.1. The number of aromatic carboxylic acids is 2. The molecule has 16 nitrogen and oxygen atoms in total. The molecule has 6 aromatic carbocycles. The number of hydrogen-bond acceptors (Lipinski definition) is 10. The minimum atomic E-state index is -5.22. The van der Waals surface area contributed by atoms with Gasteiger partial charge in [-0.05, 0) is 121 Å². The van der Waals surface area contributed by atoms with E-state index in [0.717, 1.165) is 111 Å². The van der Waals surface area contributed by atoms with E-state index in [1.54, 1.807) is 0 Å². The summed E-state index contributed by atoms with van der Waals surface area (Å²) in [5, 5.41) is 21.6. The Bertz CT molecular complexity index is 3720. The van der Waals surface area contributed by atoms with Gasteiger partial charge in [0, 0.05) is 0 Å². The number of alkyl halides is 6. The highest BCUT2D eigenvalue weighted by Crippen LogP contribution is 2.50. The van der Waals surface area contributed by atoms with Crippen molar-refractivity contribution in [3.8, 4) is 0 Å². The highest BCUT2D eigenvalue weighted by Gasteiger charge is 2.56. The molecule has 370 valence electrons. The molecule has 10 rings (SSSR count). The van der Waals surface area contributed by atoms with Gasteiger partial charge in [0.2, 0.25) is 0 Å². The van der Waals surface area contributed by atoms with Crippen molar-refractivity contribution in [2.45, 2.75) is 37.0 Å². The number of halogens is 6. The summed E-state index contributed by atoms with van der Waals surface area (Å²) < 4.78 is 92.1. The Morgan fingerprint density at radius 1 is 0.392 bits per heavy atom. The summed E-state index contributed by atoms with van der Waals surface area (Å²) in [6.07, 6.45) is -10.3. The summed E-state index contributed by atoms with van der Waals surface area (Å²) in [5.41, 5.74) is -14.1. The molecule has 2 atom stereocenters. The Hall–Kier alpha value is -9.60. The molecular formula is C52H28F6N4O12. The molecule has 0 saturated carbocycles. The summed E-state index contributed by atoms with van der Waals surface area (Å²) in [4.78, 5) is 134. The highest BCUT2D eigenvalue weighted by molar-refractivity contribution is 6.37. The zero-order valence-corrected chi connectivity index (χ0v) is 37.6. The van der Waals surface area contributed by atoms with Crippen LogP contribution >= 0.6 is 0 Å². The van der Waals surface area contributed by atoms with Crippen molar-refractivity contribution in [2.75, 3.05) is 14.7 Å². The number of nitrogens with zero attached hydrogens (tertiary/aromatic N) is 3. The predicted molar refractivity (Wildman–Crippen MR) is 243 cm³/mol. The van der Waals surface area contributed by atoms with E-state index in [4.69, 9.17) is 0 Å². The second-order valence-corrected chi connectivity index (χ2v) is 17.8. The van der Waals surface area contributed by atoms with Gasteiger partial charge in [-0.2, -0.15) is 26.3 Å². The van der Waals surface area contributed by atoms with E-state index >= 15 is 26.3 Å². The zero-order chi connectivity index (χ0) is 53.5. The van der Waals surface area contributed by atoms with Gasteiger partial charge in [-0.25, -0.2) is 24.3 Å². The molecule has 0 fully saturated rings. The monoisotopic (exact) mass is 1010 g/mol. The normalized spacial score (nSPS) is 16.8. The average Bonchev–Trinajstić information content (AvgIpc) is 3.98. The van der Waals surface area contributed by atoms with Crippen LogP contribution in [0.2, 0.25) is 0 Å². The van der Waals surface area contributed by atoms with Crippen LogP contribution in [0.15, 0.2) is 115 Å². The number of carbonyl (C=O) groups is 10. The van der Waals surface area contributed by atoms with Crippen LogP contribution < -0.4 is 20.0 Å². The molecule has 0 bridgehead atoms. The van der Waals surface area contributed by atoms with E-state index < -0.39 is 149 Å². The van der Waals surface area contributed by atoms with Crippen LogP contribution in [0.5, 0.6) is 0 Å². The van der Waals surface area contributed by atoms with Crippen LogP contribution in [0.25, 0.3) is 0 Å². The van der Waals surface area contributed by atoms with E-state index in [1.165, 1.54) is 18.2 Å². The third kappa shape index (κ3) is 6.77. The Balaban J connectivity index is 0.988. The standard InChI is InChI=1S/C52H28F6N4O12/c1-49(51(53,54)55,24-6-10-31-35(17-24)40(64)59-39(31)63)25-8-12-33-37(19-25)45(69)61(42(33)66)29-15-23(48(73)74)16-30(21-29)62-43(67)34-13-9-27(20-38(34)46(62)70)50(2,52(56,57)58)26-7-11-32-36(18-26)44(68)60(41(32)65)28-5-3-4-22(14-28)47(71)72/h3-21H,1-2H3,(H,71,72)(H,73,74)(H,59,63,64). The first-order valence-electron chi connectivity index (χ1n) is 21.6. The number of carbonyl (C=O) groups excluding carboxylic acids is 8. The van der Waals surface area contributed by atoms with Crippen LogP contribution in [0.1, 0.15) is 140 Å².